The standard InChI is InChI=1S/C23H27N5O3/c1-2-3-21-25-23(31-26-21)27-12-10-19(11-13-27)28(18-8-9-18)22(29)17-6-4-16(5-7-17)20-14-24-15-30-20/h4-7,14-15,18-19H,2-3,8-13H2,1H3. The Labute approximate surface area is 181 Å². The molecule has 1 aliphatic heterocycles. The van der Waals surface area contributed by atoms with Gasteiger partial charge >= 0.3 is 6.01 Å². The first-order valence-corrected chi connectivity index (χ1v) is 11.1. The highest BCUT2D eigenvalue weighted by Gasteiger charge is 2.39. The van der Waals surface area contributed by atoms with E-state index in [2.05, 4.69) is 31.8 Å². The number of amides is 1. The first-order chi connectivity index (χ1) is 15.2. The molecule has 0 spiro atoms. The molecule has 3 aromatic rings. The van der Waals surface area contributed by atoms with Crippen LogP contribution in [0.1, 0.15) is 55.2 Å². The molecule has 0 atom stereocenters. The largest absolute Gasteiger partial charge is 0.444 e. The lowest BCUT2D eigenvalue weighted by Gasteiger charge is -2.38. The van der Waals surface area contributed by atoms with Gasteiger partial charge in [-0.05, 0) is 44.2 Å². The van der Waals surface area contributed by atoms with Gasteiger partial charge < -0.3 is 18.7 Å². The van der Waals surface area contributed by atoms with E-state index >= 15 is 0 Å². The number of aryl methyl sites for hydroxylation is 1. The summed E-state index contributed by atoms with van der Waals surface area (Å²) in [7, 11) is 0. The molecule has 2 aromatic heterocycles. The summed E-state index contributed by atoms with van der Waals surface area (Å²) >= 11 is 0. The minimum atomic E-state index is 0.119. The number of benzene rings is 1. The van der Waals surface area contributed by atoms with Gasteiger partial charge in [0.2, 0.25) is 0 Å². The van der Waals surface area contributed by atoms with E-state index in [0.29, 0.717) is 17.8 Å². The van der Waals surface area contributed by atoms with Crippen molar-refractivity contribution in [2.24, 2.45) is 0 Å². The fourth-order valence-corrected chi connectivity index (χ4v) is 4.30. The summed E-state index contributed by atoms with van der Waals surface area (Å²) in [6, 6.07) is 8.82. The second-order valence-electron chi connectivity index (χ2n) is 8.35. The third-order valence-electron chi connectivity index (χ3n) is 6.08. The van der Waals surface area contributed by atoms with Crippen molar-refractivity contribution >= 4 is 11.9 Å². The van der Waals surface area contributed by atoms with Crippen molar-refractivity contribution < 1.29 is 13.7 Å². The molecule has 8 nitrogen and oxygen atoms in total. The van der Waals surface area contributed by atoms with Gasteiger partial charge in [0.1, 0.15) is 0 Å². The van der Waals surface area contributed by atoms with Crippen molar-refractivity contribution in [3.05, 3.63) is 48.2 Å². The van der Waals surface area contributed by atoms with Gasteiger partial charge in [-0.15, -0.1) is 0 Å². The monoisotopic (exact) mass is 421 g/mol. The molecule has 2 fully saturated rings. The molecule has 3 heterocycles. The Morgan fingerprint density at radius 2 is 1.87 bits per heavy atom. The summed E-state index contributed by atoms with van der Waals surface area (Å²) in [6.45, 7) is 3.74. The molecule has 1 aromatic carbocycles. The number of piperidine rings is 1. The quantitative estimate of drug-likeness (QED) is 0.571. The fourth-order valence-electron chi connectivity index (χ4n) is 4.30. The summed E-state index contributed by atoms with van der Waals surface area (Å²) in [5.74, 6) is 1.59. The van der Waals surface area contributed by atoms with Crippen molar-refractivity contribution in [3.8, 4) is 11.3 Å². The number of nitrogens with zero attached hydrogens (tertiary/aromatic N) is 5. The number of oxazole rings is 1. The number of carbonyl (C=O) groups is 1. The summed E-state index contributed by atoms with van der Waals surface area (Å²) in [4.78, 5) is 26.1. The van der Waals surface area contributed by atoms with Crippen molar-refractivity contribution in [2.75, 3.05) is 18.0 Å². The van der Waals surface area contributed by atoms with Gasteiger partial charge in [0.05, 0.1) is 6.20 Å². The summed E-state index contributed by atoms with van der Waals surface area (Å²) < 4.78 is 10.8. The van der Waals surface area contributed by atoms with Crippen LogP contribution in [0.4, 0.5) is 6.01 Å². The zero-order chi connectivity index (χ0) is 21.2. The highest BCUT2D eigenvalue weighted by molar-refractivity contribution is 5.95. The molecule has 1 saturated heterocycles. The molecule has 1 amide bonds. The number of aromatic nitrogens is 3. The number of anilines is 1. The van der Waals surface area contributed by atoms with Crippen molar-refractivity contribution in [3.63, 3.8) is 0 Å². The van der Waals surface area contributed by atoms with E-state index < -0.39 is 0 Å². The van der Waals surface area contributed by atoms with Crippen LogP contribution in [0.5, 0.6) is 0 Å². The lowest BCUT2D eigenvalue weighted by atomic mass is 10.0. The van der Waals surface area contributed by atoms with E-state index in [4.69, 9.17) is 8.94 Å². The molecular formula is C23H27N5O3. The molecule has 0 bridgehead atoms. The van der Waals surface area contributed by atoms with Gasteiger partial charge in [-0.1, -0.05) is 24.2 Å². The predicted molar refractivity (Wildman–Crippen MR) is 115 cm³/mol. The van der Waals surface area contributed by atoms with Crippen LogP contribution in [0, 0.1) is 0 Å². The van der Waals surface area contributed by atoms with Gasteiger partial charge in [-0.3, -0.25) is 4.79 Å². The molecule has 31 heavy (non-hydrogen) atoms. The lowest BCUT2D eigenvalue weighted by Crippen LogP contribution is -2.48. The third kappa shape index (κ3) is 4.19. The minimum absolute atomic E-state index is 0.119. The highest BCUT2D eigenvalue weighted by Crippen LogP contribution is 2.34. The van der Waals surface area contributed by atoms with Crippen LogP contribution in [0.25, 0.3) is 11.3 Å². The van der Waals surface area contributed by atoms with Crippen molar-refractivity contribution in [2.45, 2.75) is 57.5 Å². The number of rotatable bonds is 7. The lowest BCUT2D eigenvalue weighted by molar-refractivity contribution is 0.0629. The predicted octanol–water partition coefficient (Wildman–Crippen LogP) is 3.95. The zero-order valence-corrected chi connectivity index (χ0v) is 17.7. The number of hydrogen-bond acceptors (Lipinski definition) is 7. The molecule has 0 unspecified atom stereocenters. The molecule has 5 rings (SSSR count). The maximum Gasteiger partial charge on any atom is 0.324 e. The van der Waals surface area contributed by atoms with Crippen LogP contribution in [0.3, 0.4) is 0 Å². The number of carbonyl (C=O) groups excluding carboxylic acids is 1. The van der Waals surface area contributed by atoms with Crippen molar-refractivity contribution in [1.82, 2.24) is 20.0 Å². The fraction of sp³-hybridized carbons (Fsp3) is 0.478. The Morgan fingerprint density at radius 3 is 2.52 bits per heavy atom. The van der Waals surface area contributed by atoms with Crippen LogP contribution in [0.2, 0.25) is 0 Å². The Hall–Kier alpha value is -3.16. The van der Waals surface area contributed by atoms with E-state index in [1.165, 1.54) is 6.39 Å². The average Bonchev–Trinajstić information content (AvgIpc) is 3.27. The van der Waals surface area contributed by atoms with E-state index in [1.807, 2.05) is 24.3 Å². The van der Waals surface area contributed by atoms with Crippen LogP contribution < -0.4 is 4.90 Å². The van der Waals surface area contributed by atoms with Crippen LogP contribution in [0.15, 0.2) is 45.8 Å². The second-order valence-corrected chi connectivity index (χ2v) is 8.35. The molecule has 2 aliphatic rings. The Morgan fingerprint density at radius 1 is 1.13 bits per heavy atom. The Balaban J connectivity index is 1.25. The summed E-state index contributed by atoms with van der Waals surface area (Å²) in [5.41, 5.74) is 1.64. The van der Waals surface area contributed by atoms with E-state index in [0.717, 1.165) is 68.6 Å². The molecule has 1 saturated carbocycles. The summed E-state index contributed by atoms with van der Waals surface area (Å²) in [5, 5.41) is 4.06. The number of hydrogen-bond donors (Lipinski definition) is 0. The van der Waals surface area contributed by atoms with Gasteiger partial charge in [-0.25, -0.2) is 4.98 Å². The SMILES string of the molecule is CCCc1noc(N2CCC(N(C(=O)c3ccc(-c4cnco4)cc3)C3CC3)CC2)n1. The molecule has 0 N–H and O–H groups in total. The van der Waals surface area contributed by atoms with E-state index in [-0.39, 0.29) is 11.9 Å². The first kappa shape index (κ1) is 19.8. The van der Waals surface area contributed by atoms with Gasteiger partial charge in [-0.2, -0.15) is 4.98 Å². The van der Waals surface area contributed by atoms with E-state index in [1.54, 1.807) is 6.20 Å². The average molecular weight is 422 g/mol. The maximum atomic E-state index is 13.4. The summed E-state index contributed by atoms with van der Waals surface area (Å²) in [6.07, 6.45) is 8.91. The van der Waals surface area contributed by atoms with Gasteiger partial charge in [0.15, 0.2) is 18.0 Å². The first-order valence-electron chi connectivity index (χ1n) is 11.1. The molecule has 1 aliphatic carbocycles. The zero-order valence-electron chi connectivity index (χ0n) is 17.7. The molecule has 0 radical (unpaired) electrons. The van der Waals surface area contributed by atoms with Gasteiger partial charge in [0, 0.05) is 42.7 Å². The normalized spacial score (nSPS) is 17.1. The third-order valence-corrected chi connectivity index (χ3v) is 6.08. The molecule has 8 heteroatoms. The molecule has 162 valence electrons. The van der Waals surface area contributed by atoms with Crippen LogP contribution >= 0.6 is 0 Å². The topological polar surface area (TPSA) is 88.5 Å². The smallest absolute Gasteiger partial charge is 0.324 e. The van der Waals surface area contributed by atoms with Crippen molar-refractivity contribution in [1.29, 1.82) is 0 Å². The van der Waals surface area contributed by atoms with Crippen LogP contribution in [-0.4, -0.2) is 51.1 Å². The second kappa shape index (κ2) is 8.53. The molecular weight excluding hydrogens is 394 g/mol. The Kier molecular flexibility index (Phi) is 5.44. The minimum Gasteiger partial charge on any atom is -0.444 e. The maximum absolute atomic E-state index is 13.4. The highest BCUT2D eigenvalue weighted by atomic mass is 16.5. The van der Waals surface area contributed by atoms with Gasteiger partial charge in [0.25, 0.3) is 5.91 Å². The van der Waals surface area contributed by atoms with Crippen LogP contribution in [-0.2, 0) is 6.42 Å². The Bertz CT molecular complexity index is 1000. The van der Waals surface area contributed by atoms with E-state index in [9.17, 15) is 4.79 Å².